The molecule has 8 heteroatoms. The molecule has 2 aromatic carbocycles. The van der Waals surface area contributed by atoms with Crippen LogP contribution in [0.25, 0.3) is 0 Å². The molecule has 1 heterocycles. The summed E-state index contributed by atoms with van der Waals surface area (Å²) >= 11 is 0. The smallest absolute Gasteiger partial charge is 0.303 e. The SMILES string of the molecule is C=CCN(C)C[C@H]1C[C@@H](c2ccc(CO)cc2)O[C@@H](c2cccc(NC(=O)CCC(=O)O)c2)O1. The van der Waals surface area contributed by atoms with Gasteiger partial charge in [-0.15, -0.1) is 6.58 Å². The van der Waals surface area contributed by atoms with Crippen molar-refractivity contribution in [3.63, 3.8) is 0 Å². The number of nitrogens with one attached hydrogen (secondary N) is 1. The maximum absolute atomic E-state index is 12.1. The minimum atomic E-state index is -1.02. The molecule has 0 unspecified atom stereocenters. The fraction of sp³-hybridized carbons (Fsp3) is 0.385. The molecular weight excluding hydrogens is 436 g/mol. The van der Waals surface area contributed by atoms with Crippen LogP contribution in [0.3, 0.4) is 0 Å². The standard InChI is InChI=1S/C26H32N2O6/c1-3-13-28(2)16-22-15-23(19-9-7-18(17-29)8-10-19)34-26(33-22)20-5-4-6-21(14-20)27-24(30)11-12-25(31)32/h3-10,14,22-23,26,29H,1,11-13,15-17H2,2H3,(H,27,30)(H,31,32)/t22-,23+,26+/m1/s1. The number of hydrogen-bond donors (Lipinski definition) is 3. The summed E-state index contributed by atoms with van der Waals surface area (Å²) in [5.74, 6) is -1.38. The lowest BCUT2D eigenvalue weighted by Gasteiger charge is -2.37. The maximum atomic E-state index is 12.1. The maximum Gasteiger partial charge on any atom is 0.303 e. The van der Waals surface area contributed by atoms with Crippen molar-refractivity contribution in [3.05, 3.63) is 77.9 Å². The summed E-state index contributed by atoms with van der Waals surface area (Å²) in [5.41, 5.74) is 3.14. The summed E-state index contributed by atoms with van der Waals surface area (Å²) in [6, 6.07) is 14.9. The number of carboxylic acid groups (broad SMARTS) is 1. The number of hydrogen-bond acceptors (Lipinski definition) is 6. The van der Waals surface area contributed by atoms with E-state index < -0.39 is 12.3 Å². The zero-order valence-electron chi connectivity index (χ0n) is 19.4. The summed E-state index contributed by atoms with van der Waals surface area (Å²) in [6.07, 6.45) is 1.24. The third kappa shape index (κ3) is 7.50. The van der Waals surface area contributed by atoms with Crippen LogP contribution in [0.4, 0.5) is 5.69 Å². The van der Waals surface area contributed by atoms with Crippen molar-refractivity contribution in [2.45, 2.75) is 44.4 Å². The predicted octanol–water partition coefficient (Wildman–Crippen LogP) is 3.65. The molecule has 8 nitrogen and oxygen atoms in total. The third-order valence-corrected chi connectivity index (χ3v) is 5.58. The number of carbonyl (C=O) groups is 2. The lowest BCUT2D eigenvalue weighted by Crippen LogP contribution is -2.37. The lowest BCUT2D eigenvalue weighted by atomic mass is 9.99. The third-order valence-electron chi connectivity index (χ3n) is 5.58. The number of aliphatic hydroxyl groups is 1. The van der Waals surface area contributed by atoms with Gasteiger partial charge in [-0.3, -0.25) is 9.59 Å². The van der Waals surface area contributed by atoms with Gasteiger partial charge in [-0.25, -0.2) is 0 Å². The van der Waals surface area contributed by atoms with Crippen molar-refractivity contribution >= 4 is 17.6 Å². The predicted molar refractivity (Wildman–Crippen MR) is 128 cm³/mol. The average Bonchev–Trinajstić information content (AvgIpc) is 2.83. The van der Waals surface area contributed by atoms with Gasteiger partial charge in [0.05, 0.1) is 25.2 Å². The Balaban J connectivity index is 1.78. The van der Waals surface area contributed by atoms with Gasteiger partial charge in [-0.1, -0.05) is 42.5 Å². The molecule has 3 rings (SSSR count). The first-order valence-electron chi connectivity index (χ1n) is 11.3. The highest BCUT2D eigenvalue weighted by Gasteiger charge is 2.32. The van der Waals surface area contributed by atoms with Crippen molar-refractivity contribution < 1.29 is 29.3 Å². The van der Waals surface area contributed by atoms with E-state index >= 15 is 0 Å². The molecule has 1 amide bonds. The van der Waals surface area contributed by atoms with Gasteiger partial charge in [-0.2, -0.15) is 0 Å². The van der Waals surface area contributed by atoms with E-state index in [1.54, 1.807) is 18.2 Å². The van der Waals surface area contributed by atoms with Crippen molar-refractivity contribution in [1.29, 1.82) is 0 Å². The number of ether oxygens (including phenoxy) is 2. The second kappa shape index (κ2) is 12.4. The second-order valence-electron chi connectivity index (χ2n) is 8.43. The Morgan fingerprint density at radius 2 is 1.91 bits per heavy atom. The van der Waals surface area contributed by atoms with Crippen LogP contribution in [-0.4, -0.2) is 53.2 Å². The molecule has 3 N–H and O–H groups in total. The van der Waals surface area contributed by atoms with Crippen molar-refractivity contribution in [2.75, 3.05) is 25.5 Å². The number of likely N-dealkylation sites (N-methyl/N-ethyl adjacent to an activating group) is 1. The Kier molecular flexibility index (Phi) is 9.35. The zero-order chi connectivity index (χ0) is 24.5. The first-order chi connectivity index (χ1) is 16.4. The van der Waals surface area contributed by atoms with Gasteiger partial charge in [0.2, 0.25) is 5.91 Å². The molecule has 0 saturated carbocycles. The van der Waals surface area contributed by atoms with E-state index in [9.17, 15) is 14.7 Å². The minimum absolute atomic E-state index is 0.0164. The van der Waals surface area contributed by atoms with Crippen molar-refractivity contribution in [2.24, 2.45) is 0 Å². The van der Waals surface area contributed by atoms with Crippen LogP contribution in [-0.2, 0) is 25.7 Å². The largest absolute Gasteiger partial charge is 0.481 e. The number of aliphatic hydroxyl groups excluding tert-OH is 1. The van der Waals surface area contributed by atoms with E-state index in [0.29, 0.717) is 18.7 Å². The van der Waals surface area contributed by atoms with Crippen molar-refractivity contribution in [1.82, 2.24) is 4.90 Å². The lowest BCUT2D eigenvalue weighted by molar-refractivity contribution is -0.252. The fourth-order valence-corrected chi connectivity index (χ4v) is 3.88. The summed E-state index contributed by atoms with van der Waals surface area (Å²) in [7, 11) is 2.01. The molecule has 0 aromatic heterocycles. The highest BCUT2D eigenvalue weighted by Crippen LogP contribution is 2.38. The molecule has 0 radical (unpaired) electrons. The van der Waals surface area contributed by atoms with E-state index in [2.05, 4.69) is 16.8 Å². The van der Waals surface area contributed by atoms with E-state index in [1.165, 1.54) is 0 Å². The number of nitrogens with zero attached hydrogens (tertiary/aromatic N) is 1. The molecule has 0 bridgehead atoms. The van der Waals surface area contributed by atoms with Crippen LogP contribution >= 0.6 is 0 Å². The van der Waals surface area contributed by atoms with Gasteiger partial charge >= 0.3 is 5.97 Å². The first-order valence-corrected chi connectivity index (χ1v) is 11.3. The van der Waals surface area contributed by atoms with Crippen LogP contribution in [0.2, 0.25) is 0 Å². The minimum Gasteiger partial charge on any atom is -0.481 e. The first kappa shape index (κ1) is 25.6. The van der Waals surface area contributed by atoms with Crippen LogP contribution in [0.1, 0.15) is 48.3 Å². The molecule has 0 spiro atoms. The topological polar surface area (TPSA) is 108 Å². The number of carbonyl (C=O) groups excluding carboxylic acids is 1. The number of aliphatic carboxylic acids is 1. The van der Waals surface area contributed by atoms with Gasteiger partial charge in [0.25, 0.3) is 0 Å². The average molecular weight is 469 g/mol. The van der Waals surface area contributed by atoms with Gasteiger partial charge < -0.3 is 29.9 Å². The quantitative estimate of drug-likeness (QED) is 0.432. The Hall–Kier alpha value is -3.04. The number of anilines is 1. The molecule has 2 aromatic rings. The summed E-state index contributed by atoms with van der Waals surface area (Å²) < 4.78 is 12.6. The number of amides is 1. The summed E-state index contributed by atoms with van der Waals surface area (Å²) in [5, 5.41) is 20.9. The van der Waals surface area contributed by atoms with Crippen LogP contribution in [0, 0.1) is 0 Å². The van der Waals surface area contributed by atoms with E-state index in [4.69, 9.17) is 14.6 Å². The van der Waals surface area contributed by atoms with Gasteiger partial charge in [-0.05, 0) is 30.3 Å². The van der Waals surface area contributed by atoms with Crippen LogP contribution in [0.5, 0.6) is 0 Å². The van der Waals surface area contributed by atoms with Crippen LogP contribution in [0.15, 0.2) is 61.2 Å². The Morgan fingerprint density at radius 3 is 2.59 bits per heavy atom. The number of carboxylic acids is 1. The molecule has 0 aliphatic carbocycles. The normalized spacial score (nSPS) is 20.1. The molecule has 34 heavy (non-hydrogen) atoms. The molecular formula is C26H32N2O6. The molecule has 1 aliphatic rings. The number of benzene rings is 2. The fourth-order valence-electron chi connectivity index (χ4n) is 3.88. The van der Waals surface area contributed by atoms with E-state index in [1.807, 2.05) is 43.5 Å². The zero-order valence-corrected chi connectivity index (χ0v) is 19.4. The number of rotatable bonds is 11. The molecule has 182 valence electrons. The van der Waals surface area contributed by atoms with Gasteiger partial charge in [0.1, 0.15) is 0 Å². The Morgan fingerprint density at radius 1 is 1.15 bits per heavy atom. The Labute approximate surface area is 199 Å². The molecule has 1 fully saturated rings. The molecule has 3 atom stereocenters. The summed E-state index contributed by atoms with van der Waals surface area (Å²) in [6.45, 7) is 5.21. The van der Waals surface area contributed by atoms with Gasteiger partial charge in [0.15, 0.2) is 6.29 Å². The van der Waals surface area contributed by atoms with E-state index in [0.717, 1.165) is 23.2 Å². The summed E-state index contributed by atoms with van der Waals surface area (Å²) in [4.78, 5) is 24.9. The highest BCUT2D eigenvalue weighted by atomic mass is 16.7. The van der Waals surface area contributed by atoms with Crippen molar-refractivity contribution in [3.8, 4) is 0 Å². The molecule has 1 aliphatic heterocycles. The molecule has 1 saturated heterocycles. The van der Waals surface area contributed by atoms with E-state index in [-0.39, 0.29) is 37.6 Å². The van der Waals surface area contributed by atoms with Gasteiger partial charge in [0, 0.05) is 37.2 Å². The second-order valence-corrected chi connectivity index (χ2v) is 8.43. The Bertz CT molecular complexity index is 978. The highest BCUT2D eigenvalue weighted by molar-refractivity contribution is 5.92. The van der Waals surface area contributed by atoms with Crippen LogP contribution < -0.4 is 5.32 Å². The monoisotopic (exact) mass is 468 g/mol.